The largest absolute Gasteiger partial charge is 0.494 e. The number of hydrogen-bond acceptors (Lipinski definition) is 12. The maximum Gasteiger partial charge on any atom is 0.417 e. The summed E-state index contributed by atoms with van der Waals surface area (Å²) in [6.45, 7) is 12.1. The lowest BCUT2D eigenvalue weighted by atomic mass is 9.85. The number of nitrogens with one attached hydrogen (secondary N) is 2. The number of halogens is 3. The van der Waals surface area contributed by atoms with Crippen molar-refractivity contribution in [2.45, 2.75) is 104 Å². The summed E-state index contributed by atoms with van der Waals surface area (Å²) in [4.78, 5) is 63.2. The van der Waals surface area contributed by atoms with Crippen molar-refractivity contribution in [1.29, 1.82) is 5.26 Å². The van der Waals surface area contributed by atoms with E-state index in [0.717, 1.165) is 38.7 Å². The summed E-state index contributed by atoms with van der Waals surface area (Å²) in [5, 5.41) is 25.4. The number of benzene rings is 3. The predicted molar refractivity (Wildman–Crippen MR) is 262 cm³/mol. The summed E-state index contributed by atoms with van der Waals surface area (Å²) >= 11 is 7.18. The average molecular weight is 1010 g/mol. The molecule has 20 heteroatoms. The fourth-order valence-corrected chi connectivity index (χ4v) is 9.49. The zero-order valence-electron chi connectivity index (χ0n) is 39.9. The molecule has 4 amide bonds. The van der Waals surface area contributed by atoms with Crippen molar-refractivity contribution in [1.82, 2.24) is 20.5 Å². The molecule has 3 atom stereocenters. The number of nitrogens with zero attached hydrogens (tertiary/aromatic N) is 5. The third kappa shape index (κ3) is 12.9. The van der Waals surface area contributed by atoms with E-state index in [1.54, 1.807) is 65.9 Å². The Balaban J connectivity index is 0.867. The summed E-state index contributed by atoms with van der Waals surface area (Å²) in [6.07, 6.45) is -3.69. The zero-order valence-corrected chi connectivity index (χ0v) is 41.6. The summed E-state index contributed by atoms with van der Waals surface area (Å²) in [5.74, 6) is -1.30. The van der Waals surface area contributed by atoms with Crippen molar-refractivity contribution in [3.05, 3.63) is 94.6 Å². The van der Waals surface area contributed by atoms with E-state index in [9.17, 15) is 42.7 Å². The minimum absolute atomic E-state index is 0.00684. The molecular weight excluding hydrogens is 948 g/mol. The fourth-order valence-electron chi connectivity index (χ4n) is 8.16. The molecule has 4 aromatic rings. The highest BCUT2D eigenvalue weighted by Gasteiger charge is 2.51. The third-order valence-corrected chi connectivity index (χ3v) is 13.3. The molecule has 70 heavy (non-hydrogen) atoms. The van der Waals surface area contributed by atoms with Crippen LogP contribution in [-0.2, 0) is 41.4 Å². The van der Waals surface area contributed by atoms with Gasteiger partial charge in [0.2, 0.25) is 17.7 Å². The number of hydrogen-bond donors (Lipinski definition) is 3. The second-order valence-corrected chi connectivity index (χ2v) is 19.9. The summed E-state index contributed by atoms with van der Waals surface area (Å²) in [5.41, 5.74) is 1.46. The van der Waals surface area contributed by atoms with Crippen LogP contribution >= 0.6 is 23.6 Å². The van der Waals surface area contributed by atoms with Gasteiger partial charge in [0.25, 0.3) is 5.91 Å². The Bertz CT molecular complexity index is 2560. The molecule has 2 aliphatic rings. The van der Waals surface area contributed by atoms with E-state index in [4.69, 9.17) is 26.4 Å². The van der Waals surface area contributed by atoms with Gasteiger partial charge in [-0.1, -0.05) is 45.0 Å². The maximum absolute atomic E-state index is 13.9. The molecule has 3 N–H and O–H groups in total. The lowest BCUT2D eigenvalue weighted by Crippen LogP contribution is -2.58. The Labute approximate surface area is 414 Å². The second-order valence-electron chi connectivity index (χ2n) is 18.7. The molecule has 15 nitrogen and oxygen atoms in total. The Kier molecular flexibility index (Phi) is 17.4. The Hall–Kier alpha value is -5.98. The van der Waals surface area contributed by atoms with Gasteiger partial charge >= 0.3 is 6.18 Å². The van der Waals surface area contributed by atoms with Gasteiger partial charge in [0.15, 0.2) is 5.11 Å². The number of ether oxygens (including phenoxy) is 3. The number of rotatable bonds is 20. The third-order valence-electron chi connectivity index (χ3n) is 11.9. The lowest BCUT2D eigenvalue weighted by Gasteiger charge is -2.35. The number of thiazole rings is 1. The van der Waals surface area contributed by atoms with Gasteiger partial charge < -0.3 is 39.8 Å². The number of unbranched alkanes of at least 4 members (excludes halogenated alkanes) is 1. The normalized spacial score (nSPS) is 17.4. The Morgan fingerprint density at radius 2 is 1.63 bits per heavy atom. The number of amides is 4. The molecule has 3 unspecified atom stereocenters. The van der Waals surface area contributed by atoms with Crippen LogP contribution in [0.2, 0.25) is 0 Å². The average Bonchev–Trinajstić information content (AvgIpc) is 3.98. The summed E-state index contributed by atoms with van der Waals surface area (Å²) in [7, 11) is 0. The van der Waals surface area contributed by atoms with Crippen molar-refractivity contribution in [2.75, 3.05) is 49.4 Å². The highest BCUT2D eigenvalue weighted by atomic mass is 32.1. The van der Waals surface area contributed by atoms with Crippen LogP contribution in [0.5, 0.6) is 5.75 Å². The molecule has 0 spiro atoms. The van der Waals surface area contributed by atoms with Crippen molar-refractivity contribution < 1.29 is 51.7 Å². The molecule has 2 saturated heterocycles. The lowest BCUT2D eigenvalue weighted by molar-refractivity contribution is -0.144. The number of aromatic nitrogens is 1. The van der Waals surface area contributed by atoms with Crippen molar-refractivity contribution in [2.24, 2.45) is 5.41 Å². The van der Waals surface area contributed by atoms with Gasteiger partial charge in [-0.25, -0.2) is 4.98 Å². The molecular formula is C50H58F3N7O8S2. The molecule has 2 fully saturated rings. The molecule has 3 aromatic carbocycles. The molecule has 3 heterocycles. The van der Waals surface area contributed by atoms with E-state index in [2.05, 4.69) is 15.6 Å². The van der Waals surface area contributed by atoms with E-state index in [1.807, 2.05) is 52.0 Å². The number of carbonyl (C=O) groups is 4. The number of aryl methyl sites for hydroxylation is 1. The van der Waals surface area contributed by atoms with Crippen LogP contribution in [0.15, 0.2) is 72.2 Å². The van der Waals surface area contributed by atoms with Gasteiger partial charge in [0.1, 0.15) is 30.0 Å². The maximum atomic E-state index is 13.9. The first kappa shape index (κ1) is 53.4. The van der Waals surface area contributed by atoms with Gasteiger partial charge in [-0.05, 0) is 111 Å². The molecule has 6 rings (SSSR count). The van der Waals surface area contributed by atoms with E-state index >= 15 is 0 Å². The van der Waals surface area contributed by atoms with E-state index in [1.165, 1.54) is 11.0 Å². The van der Waals surface area contributed by atoms with E-state index in [-0.39, 0.29) is 49.4 Å². The molecule has 0 aliphatic carbocycles. The topological polar surface area (TPSA) is 187 Å². The van der Waals surface area contributed by atoms with Crippen LogP contribution in [-0.4, -0.2) is 107 Å². The molecule has 1 aromatic heterocycles. The SMILES string of the molecule is Cc1ncsc1-c1ccc(CNC(=O)C2CC(O)CN2C(=O)C(NC(=O)COCCCOCCCCOc2ccc(N3C(=S)N(c4ccc(C#N)c(C(F)(F)F)c4)C(=O)C3(C)C)cc2)C(C)(C)C)cc1. The molecule has 374 valence electrons. The first-order valence-corrected chi connectivity index (χ1v) is 24.1. The predicted octanol–water partition coefficient (Wildman–Crippen LogP) is 7.32. The van der Waals surface area contributed by atoms with Crippen LogP contribution < -0.4 is 25.2 Å². The highest BCUT2D eigenvalue weighted by molar-refractivity contribution is 7.81. The van der Waals surface area contributed by atoms with Gasteiger partial charge in [-0.15, -0.1) is 11.3 Å². The first-order valence-electron chi connectivity index (χ1n) is 22.8. The van der Waals surface area contributed by atoms with Crippen molar-refractivity contribution >= 4 is 63.7 Å². The van der Waals surface area contributed by atoms with Gasteiger partial charge in [-0.2, -0.15) is 18.4 Å². The van der Waals surface area contributed by atoms with Gasteiger partial charge in [-0.3, -0.25) is 24.1 Å². The van der Waals surface area contributed by atoms with Crippen LogP contribution in [0.3, 0.4) is 0 Å². The van der Waals surface area contributed by atoms with Crippen LogP contribution in [0.25, 0.3) is 10.4 Å². The number of aliphatic hydroxyl groups is 1. The number of likely N-dealkylation sites (tertiary alicyclic amines) is 1. The summed E-state index contributed by atoms with van der Waals surface area (Å²) in [6, 6.07) is 17.4. The Morgan fingerprint density at radius 3 is 2.27 bits per heavy atom. The summed E-state index contributed by atoms with van der Waals surface area (Å²) < 4.78 is 58.3. The number of alkyl halides is 3. The Morgan fingerprint density at radius 1 is 0.971 bits per heavy atom. The van der Waals surface area contributed by atoms with E-state index in [0.29, 0.717) is 50.5 Å². The minimum atomic E-state index is -4.80. The van der Waals surface area contributed by atoms with Gasteiger partial charge in [0.05, 0.1) is 51.7 Å². The standard InChI is InChI=1S/C50H58F3N7O8S2/c1-31-42(70-30-56-31)33-12-10-32(11-13-33)27-55-44(63)40-25-37(61)28-58(40)45(64)43(48(2,3)4)57-41(62)29-67-22-9-21-66-20-7-8-23-68-38-18-16-35(17-19-38)60-47(69)59(46(65)49(60,5)6)36-15-14-34(26-54)39(24-36)50(51,52)53/h10-19,24,30,37,40,43,61H,7-9,20-23,25,27-29H2,1-6H3,(H,55,63)(H,57,62). The van der Waals surface area contributed by atoms with Crippen molar-refractivity contribution in [3.63, 3.8) is 0 Å². The number of nitriles is 1. The number of carbonyl (C=O) groups excluding carboxylic acids is 4. The zero-order chi connectivity index (χ0) is 51.0. The van der Waals surface area contributed by atoms with Crippen molar-refractivity contribution in [3.8, 4) is 22.3 Å². The molecule has 0 radical (unpaired) electrons. The molecule has 2 aliphatic heterocycles. The number of thiocarbonyl (C=S) groups is 1. The van der Waals surface area contributed by atoms with Crippen LogP contribution in [0.1, 0.15) is 82.7 Å². The number of aliphatic hydroxyl groups excluding tert-OH is 1. The first-order chi connectivity index (χ1) is 33.1. The molecule has 0 bridgehead atoms. The fraction of sp³-hybridized carbons (Fsp3) is 0.460. The second kappa shape index (κ2) is 22.8. The monoisotopic (exact) mass is 1010 g/mol. The quantitative estimate of drug-likeness (QED) is 0.0593. The molecule has 0 saturated carbocycles. The number of β-amino-alcohol motifs (C(OH)–C–C–N with tert-alkyl or cyclic N) is 1. The highest BCUT2D eigenvalue weighted by Crippen LogP contribution is 2.40. The van der Waals surface area contributed by atoms with E-state index < -0.39 is 64.2 Å². The minimum Gasteiger partial charge on any atom is -0.494 e. The van der Waals surface area contributed by atoms with Crippen LogP contribution in [0, 0.1) is 23.7 Å². The smallest absolute Gasteiger partial charge is 0.417 e. The van der Waals surface area contributed by atoms with Gasteiger partial charge in [0, 0.05) is 45.0 Å². The van der Waals surface area contributed by atoms with Crippen LogP contribution in [0.4, 0.5) is 24.5 Å². The number of anilines is 2.